The van der Waals surface area contributed by atoms with E-state index in [4.69, 9.17) is 22.3 Å². The van der Waals surface area contributed by atoms with Crippen molar-refractivity contribution >= 4 is 17.7 Å². The average molecular weight is 779 g/mol. The van der Waals surface area contributed by atoms with Crippen LogP contribution in [0.5, 0.6) is 0 Å². The van der Waals surface area contributed by atoms with Gasteiger partial charge in [0, 0.05) is 18.9 Å². The number of nitrogens with one attached hydrogen (secondary N) is 2. The molecule has 0 heterocycles. The van der Waals surface area contributed by atoms with Crippen LogP contribution < -0.4 is 22.2 Å². The second-order valence-corrected chi connectivity index (χ2v) is 17.0. The molecule has 314 valence electrons. The maximum absolute atomic E-state index is 10.1. The van der Waals surface area contributed by atoms with E-state index < -0.39 is 0 Å². The number of carbonyl (C=O) groups is 1. The Hall–Kier alpha value is -3.61. The minimum atomic E-state index is 0.0605. The maximum Gasteiger partial charge on any atom is 0.245 e. The van der Waals surface area contributed by atoms with E-state index in [1.807, 2.05) is 19.9 Å². The molecule has 1 saturated carbocycles. The summed E-state index contributed by atoms with van der Waals surface area (Å²) in [4.78, 5) is 10.1. The van der Waals surface area contributed by atoms with Gasteiger partial charge in [-0.15, -0.1) is 0 Å². The van der Waals surface area contributed by atoms with Crippen LogP contribution in [-0.4, -0.2) is 37.8 Å². The molecule has 6 nitrogen and oxygen atoms in total. The molecule has 0 saturated heterocycles. The van der Waals surface area contributed by atoms with Crippen molar-refractivity contribution in [2.45, 2.75) is 156 Å². The fourth-order valence-corrected chi connectivity index (χ4v) is 9.58. The van der Waals surface area contributed by atoms with Crippen LogP contribution >= 0.6 is 0 Å². The van der Waals surface area contributed by atoms with Crippen LogP contribution in [0.4, 0.5) is 0 Å². The lowest BCUT2D eigenvalue weighted by Crippen LogP contribution is -2.49. The summed E-state index contributed by atoms with van der Waals surface area (Å²) in [5.41, 5.74) is 23.2. The number of hydrogen-bond donors (Lipinski definition) is 5. The summed E-state index contributed by atoms with van der Waals surface area (Å²) in [5, 5.41) is 17.0. The first-order valence-electron chi connectivity index (χ1n) is 22.6. The van der Waals surface area contributed by atoms with Gasteiger partial charge in [-0.3, -0.25) is 10.8 Å². The molecule has 8 N–H and O–H groups in total. The Kier molecular flexibility index (Phi) is 20.4. The van der Waals surface area contributed by atoms with Gasteiger partial charge in [0.2, 0.25) is 5.71 Å². The topological polar surface area (TPSA) is 131 Å². The fourth-order valence-electron chi connectivity index (χ4n) is 9.58. The molecule has 6 rings (SSSR count). The minimum Gasteiger partial charge on any atom is -0.393 e. The molecule has 0 spiro atoms. The molecule has 2 bridgehead atoms. The Morgan fingerprint density at radius 2 is 1.58 bits per heavy atom. The molecule has 0 amide bonds. The highest BCUT2D eigenvalue weighted by molar-refractivity contribution is 6.50. The van der Waals surface area contributed by atoms with Crippen molar-refractivity contribution in [3.8, 4) is 0 Å². The highest BCUT2D eigenvalue weighted by atomic mass is 16.1. The van der Waals surface area contributed by atoms with E-state index in [-0.39, 0.29) is 5.41 Å². The SMILES string of the molecule is CC.CCc1cc(C(C)(C)C(CCCCCN)c2ccccc2)cc(CC)c1C1C=C(CNC)C2CC1C2C.N=C1C(=[NH2+])C(N)=CC=C1CCCCCCCC=O. The molecule has 0 radical (unpaired) electrons. The van der Waals surface area contributed by atoms with E-state index in [0.717, 1.165) is 100 Å². The predicted octanol–water partition coefficient (Wildman–Crippen LogP) is 9.85. The number of likely N-dealkylation sites (N-methyl/N-ethyl adjacent to an activating group) is 1. The van der Waals surface area contributed by atoms with Crippen LogP contribution in [0.1, 0.15) is 165 Å². The lowest BCUT2D eigenvalue weighted by Gasteiger charge is -2.53. The zero-order chi connectivity index (χ0) is 42.0. The van der Waals surface area contributed by atoms with Crippen LogP contribution in [0, 0.1) is 23.2 Å². The van der Waals surface area contributed by atoms with Gasteiger partial charge in [-0.2, -0.15) is 0 Å². The molecule has 4 aliphatic rings. The normalized spacial score (nSPS) is 20.5. The van der Waals surface area contributed by atoms with Gasteiger partial charge in [0.1, 0.15) is 17.7 Å². The summed E-state index contributed by atoms with van der Waals surface area (Å²) in [6.45, 7) is 18.0. The van der Waals surface area contributed by atoms with Crippen LogP contribution in [0.3, 0.4) is 0 Å². The second-order valence-electron chi connectivity index (χ2n) is 17.0. The van der Waals surface area contributed by atoms with E-state index in [1.165, 1.54) is 36.8 Å². The summed E-state index contributed by atoms with van der Waals surface area (Å²) in [5.74, 6) is 3.48. The predicted molar refractivity (Wildman–Crippen MR) is 245 cm³/mol. The molecule has 1 fully saturated rings. The number of hydrogen-bond acceptors (Lipinski definition) is 5. The van der Waals surface area contributed by atoms with Crippen LogP contribution in [0.15, 0.2) is 77.5 Å². The van der Waals surface area contributed by atoms with E-state index >= 15 is 0 Å². The molecule has 5 atom stereocenters. The van der Waals surface area contributed by atoms with Gasteiger partial charge in [0.15, 0.2) is 0 Å². The van der Waals surface area contributed by atoms with Crippen LogP contribution in [0.25, 0.3) is 0 Å². The van der Waals surface area contributed by atoms with E-state index in [1.54, 1.807) is 28.3 Å². The number of aryl methyl sites for hydroxylation is 2. The minimum absolute atomic E-state index is 0.0605. The third-order valence-electron chi connectivity index (χ3n) is 13.1. The highest BCUT2D eigenvalue weighted by Gasteiger charge is 2.48. The smallest absolute Gasteiger partial charge is 0.245 e. The number of unbranched alkanes of at least 4 members (excludes halogenated alkanes) is 7. The van der Waals surface area contributed by atoms with Crippen molar-refractivity contribution < 1.29 is 10.2 Å². The molecule has 5 unspecified atom stereocenters. The molecule has 2 aromatic rings. The standard InChI is InChI=1S/C35H52N2.C14H21N3O.C2H6/c1-7-25-19-29(35(4,5)33(17-13-10-14-18-36)27-15-11-9-12-16-27)20-26(8-2)34(25)32-21-28(23-37-6)30-22-31(32)24(30)3;15-12-9-8-11(13(16)14(12)17)7-5-3-1-2-4-6-10-18;1-2/h9,11-12,15-16,19-21,24,30-33,37H,7-8,10,13-14,17-18,22-23,36H2,1-6H3;8-10,16-17H,1-7,15H2;1-2H3/p+1. The van der Waals surface area contributed by atoms with Crippen molar-refractivity contribution in [3.05, 3.63) is 105 Å². The molecule has 57 heavy (non-hydrogen) atoms. The number of carbonyl (C=O) groups excluding carboxylic acids is 1. The number of nitrogens with two attached hydrogens (primary N) is 3. The zero-order valence-corrected chi connectivity index (χ0v) is 37.2. The molecule has 4 aliphatic carbocycles. The molecule has 0 aromatic heterocycles. The number of fused-ring (bicyclic) bond motifs is 1. The van der Waals surface area contributed by atoms with Gasteiger partial charge in [0.25, 0.3) is 0 Å². The van der Waals surface area contributed by atoms with Gasteiger partial charge in [0.05, 0.1) is 0 Å². The summed E-state index contributed by atoms with van der Waals surface area (Å²) in [6.07, 6.45) is 22.6. The van der Waals surface area contributed by atoms with Gasteiger partial charge in [-0.25, -0.2) is 0 Å². The lowest BCUT2D eigenvalue weighted by molar-refractivity contribution is -0.110. The summed E-state index contributed by atoms with van der Waals surface area (Å²) >= 11 is 0. The molecular formula is C51H80N5O+. The van der Waals surface area contributed by atoms with Crippen molar-refractivity contribution in [1.82, 2.24) is 5.32 Å². The maximum atomic E-state index is 10.1. The van der Waals surface area contributed by atoms with Crippen molar-refractivity contribution in [3.63, 3.8) is 0 Å². The Labute approximate surface area is 347 Å². The number of benzene rings is 2. The Morgan fingerprint density at radius 1 is 0.947 bits per heavy atom. The Morgan fingerprint density at radius 3 is 2.18 bits per heavy atom. The lowest BCUT2D eigenvalue weighted by atomic mass is 9.52. The van der Waals surface area contributed by atoms with Crippen molar-refractivity contribution in [2.24, 2.45) is 29.2 Å². The monoisotopic (exact) mass is 779 g/mol. The number of rotatable bonds is 21. The molecule has 6 heteroatoms. The van der Waals surface area contributed by atoms with Crippen LogP contribution in [0.2, 0.25) is 0 Å². The van der Waals surface area contributed by atoms with Crippen molar-refractivity contribution in [2.75, 3.05) is 20.1 Å². The van der Waals surface area contributed by atoms with Gasteiger partial charge >= 0.3 is 0 Å². The van der Waals surface area contributed by atoms with Gasteiger partial charge in [-0.1, -0.05) is 141 Å². The quantitative estimate of drug-likeness (QED) is 0.0374. The van der Waals surface area contributed by atoms with E-state index in [0.29, 0.717) is 35.4 Å². The first-order valence-corrected chi connectivity index (χ1v) is 22.6. The summed E-state index contributed by atoms with van der Waals surface area (Å²) < 4.78 is 0. The van der Waals surface area contributed by atoms with Crippen LogP contribution in [-0.2, 0) is 23.1 Å². The second kappa shape index (κ2) is 24.3. The summed E-state index contributed by atoms with van der Waals surface area (Å²) in [6, 6.07) is 16.5. The van der Waals surface area contributed by atoms with Gasteiger partial charge in [-0.05, 0) is 134 Å². The molecular weight excluding hydrogens is 699 g/mol. The first kappa shape index (κ1) is 47.8. The number of aldehydes is 1. The van der Waals surface area contributed by atoms with Gasteiger partial charge < -0.3 is 21.6 Å². The average Bonchev–Trinajstić information content (AvgIpc) is 3.23. The number of allylic oxidation sites excluding steroid dienone is 5. The third kappa shape index (κ3) is 12.4. The first-order chi connectivity index (χ1) is 27.5. The summed E-state index contributed by atoms with van der Waals surface area (Å²) in [7, 11) is 2.09. The third-order valence-corrected chi connectivity index (χ3v) is 13.1. The van der Waals surface area contributed by atoms with E-state index in [2.05, 4.69) is 95.5 Å². The zero-order valence-electron chi connectivity index (χ0n) is 37.2. The fraction of sp³-hybridized carbons (Fsp3) is 0.588. The highest BCUT2D eigenvalue weighted by Crippen LogP contribution is 2.57. The Balaban J connectivity index is 0.000000366. The molecule has 0 aliphatic heterocycles. The largest absolute Gasteiger partial charge is 0.393 e. The van der Waals surface area contributed by atoms with E-state index in [9.17, 15) is 4.79 Å². The van der Waals surface area contributed by atoms with Crippen molar-refractivity contribution in [1.29, 1.82) is 5.41 Å². The Bertz CT molecular complexity index is 1640. The molecule has 2 aromatic carbocycles.